The quantitative estimate of drug-likeness (QED) is 0.352. The molecule has 0 radical (unpaired) electrons. The topological polar surface area (TPSA) is 59.3 Å². The number of carbonyl (C=O) groups is 1. The zero-order valence-corrected chi connectivity index (χ0v) is 14.2. The van der Waals surface area contributed by atoms with E-state index in [1.807, 2.05) is 0 Å². The molecule has 0 aromatic heterocycles. The summed E-state index contributed by atoms with van der Waals surface area (Å²) in [4.78, 5) is 11.9. The SMILES string of the molecule is N#C/C(=C/c1ccc(OC(=O)C2CCCO2)cc1)c1ccc(Cl)cc1. The van der Waals surface area contributed by atoms with Crippen LogP contribution in [0, 0.1) is 11.3 Å². The molecule has 1 saturated heterocycles. The Kier molecular flexibility index (Phi) is 5.49. The van der Waals surface area contributed by atoms with Crippen LogP contribution in [0.4, 0.5) is 0 Å². The number of esters is 1. The van der Waals surface area contributed by atoms with Gasteiger partial charge in [-0.05, 0) is 54.3 Å². The van der Waals surface area contributed by atoms with Crippen LogP contribution in [0.3, 0.4) is 0 Å². The minimum Gasteiger partial charge on any atom is -0.425 e. The molecule has 2 aromatic carbocycles. The van der Waals surface area contributed by atoms with Gasteiger partial charge >= 0.3 is 5.97 Å². The number of benzene rings is 2. The minimum atomic E-state index is -0.463. The maximum absolute atomic E-state index is 11.9. The lowest BCUT2D eigenvalue weighted by molar-refractivity contribution is -0.144. The molecule has 2 aromatic rings. The summed E-state index contributed by atoms with van der Waals surface area (Å²) in [5, 5.41) is 9.99. The van der Waals surface area contributed by atoms with E-state index >= 15 is 0 Å². The van der Waals surface area contributed by atoms with Gasteiger partial charge in [0.2, 0.25) is 0 Å². The molecule has 0 saturated carbocycles. The minimum absolute atomic E-state index is 0.361. The lowest BCUT2D eigenvalue weighted by Gasteiger charge is -2.09. The third kappa shape index (κ3) is 4.48. The van der Waals surface area contributed by atoms with Gasteiger partial charge in [-0.2, -0.15) is 5.26 Å². The number of nitriles is 1. The van der Waals surface area contributed by atoms with Crippen molar-refractivity contribution in [1.82, 2.24) is 0 Å². The van der Waals surface area contributed by atoms with E-state index < -0.39 is 6.10 Å². The normalized spacial score (nSPS) is 17.1. The number of ether oxygens (including phenoxy) is 2. The standard InChI is InChI=1S/C20H16ClNO3/c21-17-7-5-15(6-8-17)16(13-22)12-14-3-9-18(10-4-14)25-20(23)19-2-1-11-24-19/h3-10,12,19H,1-2,11H2/b16-12-. The Balaban J connectivity index is 1.71. The number of allylic oxidation sites excluding steroid dienone is 1. The summed E-state index contributed by atoms with van der Waals surface area (Å²) < 4.78 is 10.6. The fourth-order valence-corrected chi connectivity index (χ4v) is 2.68. The van der Waals surface area contributed by atoms with Gasteiger partial charge in [-0.3, -0.25) is 0 Å². The van der Waals surface area contributed by atoms with E-state index in [9.17, 15) is 10.1 Å². The predicted molar refractivity (Wildman–Crippen MR) is 96.0 cm³/mol. The number of nitrogens with zero attached hydrogens (tertiary/aromatic N) is 1. The van der Waals surface area contributed by atoms with Crippen molar-refractivity contribution in [2.24, 2.45) is 0 Å². The van der Waals surface area contributed by atoms with Crippen molar-refractivity contribution in [3.8, 4) is 11.8 Å². The van der Waals surface area contributed by atoms with Gasteiger partial charge in [0.15, 0.2) is 6.10 Å². The van der Waals surface area contributed by atoms with Gasteiger partial charge in [0.05, 0.1) is 11.6 Å². The molecule has 3 rings (SSSR count). The van der Waals surface area contributed by atoms with Crippen molar-refractivity contribution in [3.05, 3.63) is 64.7 Å². The van der Waals surface area contributed by atoms with E-state index in [0.717, 1.165) is 17.5 Å². The highest BCUT2D eigenvalue weighted by atomic mass is 35.5. The Morgan fingerprint density at radius 1 is 1.20 bits per heavy atom. The van der Waals surface area contributed by atoms with Gasteiger partial charge in [-0.25, -0.2) is 4.79 Å². The summed E-state index contributed by atoms with van der Waals surface area (Å²) in [6, 6.07) is 16.3. The molecule has 0 spiro atoms. The second-order valence-electron chi connectivity index (χ2n) is 5.67. The first-order valence-electron chi connectivity index (χ1n) is 7.97. The van der Waals surface area contributed by atoms with Crippen LogP contribution in [0.5, 0.6) is 5.75 Å². The van der Waals surface area contributed by atoms with Crippen LogP contribution < -0.4 is 4.74 Å². The summed E-state index contributed by atoms with van der Waals surface area (Å²) >= 11 is 5.87. The van der Waals surface area contributed by atoms with Crippen LogP contribution in [-0.4, -0.2) is 18.7 Å². The molecular weight excluding hydrogens is 338 g/mol. The third-order valence-electron chi connectivity index (χ3n) is 3.88. The number of hydrogen-bond donors (Lipinski definition) is 0. The van der Waals surface area contributed by atoms with Gasteiger partial charge in [-0.1, -0.05) is 35.9 Å². The molecule has 1 heterocycles. The van der Waals surface area contributed by atoms with Crippen LogP contribution in [-0.2, 0) is 9.53 Å². The zero-order valence-electron chi connectivity index (χ0n) is 13.4. The molecule has 25 heavy (non-hydrogen) atoms. The Bertz CT molecular complexity index is 814. The molecule has 0 aliphatic carbocycles. The lowest BCUT2D eigenvalue weighted by atomic mass is 10.0. The second-order valence-corrected chi connectivity index (χ2v) is 6.10. The number of carbonyl (C=O) groups excluding carboxylic acids is 1. The van der Waals surface area contributed by atoms with E-state index in [-0.39, 0.29) is 5.97 Å². The molecular formula is C20H16ClNO3. The maximum Gasteiger partial charge on any atom is 0.340 e. The molecule has 126 valence electrons. The molecule has 0 amide bonds. The summed E-state index contributed by atoms with van der Waals surface area (Å²) in [5.74, 6) is 0.0994. The van der Waals surface area contributed by atoms with E-state index in [0.29, 0.717) is 29.4 Å². The van der Waals surface area contributed by atoms with Gasteiger partial charge in [0.1, 0.15) is 5.75 Å². The molecule has 4 nitrogen and oxygen atoms in total. The lowest BCUT2D eigenvalue weighted by Crippen LogP contribution is -2.24. The monoisotopic (exact) mass is 353 g/mol. The van der Waals surface area contributed by atoms with Crippen molar-refractivity contribution in [3.63, 3.8) is 0 Å². The zero-order chi connectivity index (χ0) is 17.6. The fourth-order valence-electron chi connectivity index (χ4n) is 2.55. The first-order chi connectivity index (χ1) is 12.2. The Hall–Kier alpha value is -2.61. The summed E-state index contributed by atoms with van der Waals surface area (Å²) in [7, 11) is 0. The van der Waals surface area contributed by atoms with Crippen molar-refractivity contribution < 1.29 is 14.3 Å². The average molecular weight is 354 g/mol. The Labute approximate surface area is 151 Å². The van der Waals surface area contributed by atoms with Crippen LogP contribution >= 0.6 is 11.6 Å². The van der Waals surface area contributed by atoms with Crippen LogP contribution in [0.15, 0.2) is 48.5 Å². The van der Waals surface area contributed by atoms with Crippen molar-refractivity contribution >= 4 is 29.2 Å². The number of hydrogen-bond acceptors (Lipinski definition) is 4. The fraction of sp³-hybridized carbons (Fsp3) is 0.200. The highest BCUT2D eigenvalue weighted by Crippen LogP contribution is 2.22. The molecule has 1 aliphatic rings. The highest BCUT2D eigenvalue weighted by Gasteiger charge is 2.25. The largest absolute Gasteiger partial charge is 0.425 e. The summed E-state index contributed by atoms with van der Waals surface area (Å²) in [6.45, 7) is 0.602. The maximum atomic E-state index is 11.9. The molecule has 5 heteroatoms. The smallest absolute Gasteiger partial charge is 0.340 e. The molecule has 1 fully saturated rings. The van der Waals surface area contributed by atoms with E-state index in [4.69, 9.17) is 21.1 Å². The van der Waals surface area contributed by atoms with E-state index in [2.05, 4.69) is 6.07 Å². The highest BCUT2D eigenvalue weighted by molar-refractivity contribution is 6.30. The number of rotatable bonds is 4. The van der Waals surface area contributed by atoms with Crippen molar-refractivity contribution in [2.75, 3.05) is 6.61 Å². The van der Waals surface area contributed by atoms with Gasteiger partial charge in [0.25, 0.3) is 0 Å². The van der Waals surface area contributed by atoms with E-state index in [1.165, 1.54) is 0 Å². The first kappa shape index (κ1) is 17.2. The third-order valence-corrected chi connectivity index (χ3v) is 4.13. The molecule has 0 N–H and O–H groups in total. The number of halogens is 1. The van der Waals surface area contributed by atoms with Crippen molar-refractivity contribution in [1.29, 1.82) is 5.26 Å². The molecule has 0 bridgehead atoms. The van der Waals surface area contributed by atoms with Crippen LogP contribution in [0.25, 0.3) is 11.6 Å². The van der Waals surface area contributed by atoms with Crippen LogP contribution in [0.1, 0.15) is 24.0 Å². The van der Waals surface area contributed by atoms with Gasteiger partial charge in [0, 0.05) is 11.6 Å². The molecule has 1 atom stereocenters. The molecule has 1 aliphatic heterocycles. The molecule has 1 unspecified atom stereocenters. The first-order valence-corrected chi connectivity index (χ1v) is 8.34. The Morgan fingerprint density at radius 3 is 2.52 bits per heavy atom. The Morgan fingerprint density at radius 2 is 1.92 bits per heavy atom. The predicted octanol–water partition coefficient (Wildman–Crippen LogP) is 4.49. The second kappa shape index (κ2) is 7.98. The van der Waals surface area contributed by atoms with Gasteiger partial charge in [-0.15, -0.1) is 0 Å². The van der Waals surface area contributed by atoms with Crippen LogP contribution in [0.2, 0.25) is 5.02 Å². The van der Waals surface area contributed by atoms with Crippen molar-refractivity contribution in [2.45, 2.75) is 18.9 Å². The summed E-state index contributed by atoms with van der Waals surface area (Å²) in [6.07, 6.45) is 2.89. The summed E-state index contributed by atoms with van der Waals surface area (Å²) in [5.41, 5.74) is 2.16. The average Bonchev–Trinajstić information content (AvgIpc) is 3.17. The van der Waals surface area contributed by atoms with E-state index in [1.54, 1.807) is 54.6 Å². The van der Waals surface area contributed by atoms with Gasteiger partial charge < -0.3 is 9.47 Å².